The molecule has 2 rings (SSSR count). The van der Waals surface area contributed by atoms with Gasteiger partial charge in [-0.2, -0.15) is 0 Å². The second-order valence-corrected chi connectivity index (χ2v) is 6.99. The minimum atomic E-state index is 0.220. The summed E-state index contributed by atoms with van der Waals surface area (Å²) in [4.78, 5) is 14.6. The highest BCUT2D eigenvalue weighted by molar-refractivity contribution is 5.78. The van der Waals surface area contributed by atoms with Crippen LogP contribution in [0.5, 0.6) is 0 Å². The lowest BCUT2D eigenvalue weighted by Crippen LogP contribution is -2.43. The average Bonchev–Trinajstić information content (AvgIpc) is 2.52. The van der Waals surface area contributed by atoms with Crippen LogP contribution in [0.1, 0.15) is 58.3 Å². The first-order valence-corrected chi connectivity index (χ1v) is 8.88. The summed E-state index contributed by atoms with van der Waals surface area (Å²) in [5.41, 5.74) is 0. The normalized spacial score (nSPS) is 27.8. The summed E-state index contributed by atoms with van der Waals surface area (Å²) < 4.78 is 0. The highest BCUT2D eigenvalue weighted by Crippen LogP contribution is 2.21. The van der Waals surface area contributed by atoms with Crippen molar-refractivity contribution in [1.29, 1.82) is 0 Å². The van der Waals surface area contributed by atoms with Gasteiger partial charge in [-0.05, 0) is 59.2 Å². The summed E-state index contributed by atoms with van der Waals surface area (Å²) in [6.07, 6.45) is 9.94. The van der Waals surface area contributed by atoms with Gasteiger partial charge in [-0.25, -0.2) is 0 Å². The number of carbonyl (C=O) groups is 1. The topological polar surface area (TPSA) is 44.4 Å². The first kappa shape index (κ1) is 16.8. The second-order valence-electron chi connectivity index (χ2n) is 6.99. The number of nitrogens with zero attached hydrogens (tertiary/aromatic N) is 1. The van der Waals surface area contributed by atoms with Crippen molar-refractivity contribution in [3.63, 3.8) is 0 Å². The molecule has 2 atom stereocenters. The third-order valence-corrected chi connectivity index (χ3v) is 5.18. The van der Waals surface area contributed by atoms with E-state index in [1.807, 2.05) is 0 Å². The van der Waals surface area contributed by atoms with Crippen LogP contribution in [0.25, 0.3) is 0 Å². The minimum Gasteiger partial charge on any atom is -0.356 e. The molecule has 21 heavy (non-hydrogen) atoms. The number of hydrogen-bond donors (Lipinski definition) is 2. The van der Waals surface area contributed by atoms with Gasteiger partial charge < -0.3 is 15.5 Å². The maximum Gasteiger partial charge on any atom is 0.223 e. The first-order chi connectivity index (χ1) is 10.2. The van der Waals surface area contributed by atoms with E-state index in [0.29, 0.717) is 6.04 Å². The smallest absolute Gasteiger partial charge is 0.223 e. The lowest BCUT2D eigenvalue weighted by atomic mass is 9.92. The summed E-state index contributed by atoms with van der Waals surface area (Å²) in [6, 6.07) is 1.26. The number of piperidine rings is 1. The molecular formula is C17H33N3O. The zero-order chi connectivity index (χ0) is 15.1. The quantitative estimate of drug-likeness (QED) is 0.738. The molecule has 4 nitrogen and oxygen atoms in total. The predicted molar refractivity (Wildman–Crippen MR) is 87.3 cm³/mol. The van der Waals surface area contributed by atoms with Crippen molar-refractivity contribution in [3.8, 4) is 0 Å². The van der Waals surface area contributed by atoms with Crippen LogP contribution < -0.4 is 10.6 Å². The molecule has 0 aromatic heterocycles. The largest absolute Gasteiger partial charge is 0.356 e. The van der Waals surface area contributed by atoms with Crippen LogP contribution in [0.2, 0.25) is 0 Å². The van der Waals surface area contributed by atoms with Gasteiger partial charge in [0.1, 0.15) is 0 Å². The van der Waals surface area contributed by atoms with Gasteiger partial charge in [-0.15, -0.1) is 0 Å². The van der Waals surface area contributed by atoms with E-state index >= 15 is 0 Å². The van der Waals surface area contributed by atoms with E-state index in [4.69, 9.17) is 0 Å². The Hall–Kier alpha value is -0.610. The molecule has 0 radical (unpaired) electrons. The minimum absolute atomic E-state index is 0.220. The van der Waals surface area contributed by atoms with Crippen molar-refractivity contribution in [3.05, 3.63) is 0 Å². The van der Waals surface area contributed by atoms with Crippen LogP contribution >= 0.6 is 0 Å². The van der Waals surface area contributed by atoms with Crippen LogP contribution in [-0.4, -0.2) is 49.6 Å². The molecule has 1 saturated carbocycles. The van der Waals surface area contributed by atoms with Crippen molar-refractivity contribution < 1.29 is 4.79 Å². The molecule has 2 fully saturated rings. The van der Waals surface area contributed by atoms with Crippen molar-refractivity contribution in [1.82, 2.24) is 15.5 Å². The number of hydrogen-bond acceptors (Lipinski definition) is 3. The summed E-state index contributed by atoms with van der Waals surface area (Å²) in [5.74, 6) is 0.487. The van der Waals surface area contributed by atoms with Gasteiger partial charge in [0.2, 0.25) is 5.91 Å². The number of carbonyl (C=O) groups excluding carboxylic acids is 1. The van der Waals surface area contributed by atoms with Gasteiger partial charge in [-0.3, -0.25) is 4.79 Å². The molecule has 0 aromatic carbocycles. The maximum absolute atomic E-state index is 12.1. The fourth-order valence-electron chi connectivity index (χ4n) is 3.76. The van der Waals surface area contributed by atoms with Crippen LogP contribution in [0.3, 0.4) is 0 Å². The van der Waals surface area contributed by atoms with Crippen LogP contribution in [0.4, 0.5) is 0 Å². The number of rotatable bonds is 6. The highest BCUT2D eigenvalue weighted by Gasteiger charge is 2.24. The molecule has 1 aliphatic heterocycles. The Morgan fingerprint density at radius 1 is 1.24 bits per heavy atom. The molecule has 1 aliphatic carbocycles. The Kier molecular flexibility index (Phi) is 6.97. The average molecular weight is 295 g/mol. The predicted octanol–water partition coefficient (Wildman–Crippen LogP) is 2.15. The maximum atomic E-state index is 12.1. The Morgan fingerprint density at radius 2 is 2.00 bits per heavy atom. The fraction of sp³-hybridized carbons (Fsp3) is 0.941. The lowest BCUT2D eigenvalue weighted by Gasteiger charge is -2.31. The monoisotopic (exact) mass is 295 g/mol. The van der Waals surface area contributed by atoms with Crippen molar-refractivity contribution in [2.24, 2.45) is 5.92 Å². The molecule has 1 amide bonds. The van der Waals surface area contributed by atoms with Gasteiger partial charge in [-0.1, -0.05) is 19.3 Å². The van der Waals surface area contributed by atoms with Gasteiger partial charge in [0.05, 0.1) is 0 Å². The van der Waals surface area contributed by atoms with Crippen molar-refractivity contribution >= 4 is 5.91 Å². The Labute approximate surface area is 130 Å². The van der Waals surface area contributed by atoms with E-state index in [-0.39, 0.29) is 11.8 Å². The molecule has 2 N–H and O–H groups in total. The molecule has 1 saturated heterocycles. The summed E-state index contributed by atoms with van der Waals surface area (Å²) in [6.45, 7) is 5.07. The standard InChI is InChI=1S/C17H33N3O/c1-14-13-15(9-11-18-14)17(21)19-10-6-12-20(2)16-7-4-3-5-8-16/h14-16,18H,3-13H2,1-2H3,(H,19,21). The van der Waals surface area contributed by atoms with Crippen molar-refractivity contribution in [2.45, 2.75) is 70.4 Å². The first-order valence-electron chi connectivity index (χ1n) is 8.88. The van der Waals surface area contributed by atoms with Gasteiger partial charge in [0, 0.05) is 24.5 Å². The molecule has 0 bridgehead atoms. The molecule has 1 heterocycles. The van der Waals surface area contributed by atoms with Gasteiger partial charge in [0.25, 0.3) is 0 Å². The van der Waals surface area contributed by atoms with E-state index in [0.717, 1.165) is 44.9 Å². The fourth-order valence-corrected chi connectivity index (χ4v) is 3.76. The van der Waals surface area contributed by atoms with Gasteiger partial charge in [0.15, 0.2) is 0 Å². The number of nitrogens with one attached hydrogen (secondary N) is 2. The van der Waals surface area contributed by atoms with Gasteiger partial charge >= 0.3 is 0 Å². The molecule has 122 valence electrons. The van der Waals surface area contributed by atoms with Crippen LogP contribution in [0.15, 0.2) is 0 Å². The van der Waals surface area contributed by atoms with Crippen molar-refractivity contribution in [2.75, 3.05) is 26.7 Å². The number of amides is 1. The SMILES string of the molecule is CC1CC(C(=O)NCCCN(C)C2CCCCC2)CCN1. The second kappa shape index (κ2) is 8.74. The molecule has 4 heteroatoms. The van der Waals surface area contributed by atoms with E-state index in [2.05, 4.69) is 29.5 Å². The lowest BCUT2D eigenvalue weighted by molar-refractivity contribution is -0.126. The molecule has 0 aromatic rings. The summed E-state index contributed by atoms with van der Waals surface area (Å²) >= 11 is 0. The Balaban J connectivity index is 1.57. The zero-order valence-corrected chi connectivity index (χ0v) is 13.9. The Morgan fingerprint density at radius 3 is 2.71 bits per heavy atom. The molecule has 2 aliphatic rings. The van der Waals surface area contributed by atoms with E-state index < -0.39 is 0 Å². The zero-order valence-electron chi connectivity index (χ0n) is 13.9. The van der Waals surface area contributed by atoms with Crippen LogP contribution in [-0.2, 0) is 4.79 Å². The highest BCUT2D eigenvalue weighted by atomic mass is 16.1. The molecule has 2 unspecified atom stereocenters. The third kappa shape index (κ3) is 5.59. The van der Waals surface area contributed by atoms with E-state index in [1.165, 1.54) is 32.1 Å². The summed E-state index contributed by atoms with van der Waals surface area (Å²) in [5, 5.41) is 6.54. The van der Waals surface area contributed by atoms with E-state index in [1.54, 1.807) is 0 Å². The molecular weight excluding hydrogens is 262 g/mol. The Bertz CT molecular complexity index is 315. The third-order valence-electron chi connectivity index (χ3n) is 5.18. The molecule has 0 spiro atoms. The van der Waals surface area contributed by atoms with E-state index in [9.17, 15) is 4.79 Å². The summed E-state index contributed by atoms with van der Waals surface area (Å²) in [7, 11) is 2.24. The van der Waals surface area contributed by atoms with Crippen LogP contribution in [0, 0.1) is 5.92 Å².